The molecule has 0 radical (unpaired) electrons. The van der Waals surface area contributed by atoms with Crippen LogP contribution in [-0.2, 0) is 9.53 Å². The van der Waals surface area contributed by atoms with Crippen molar-refractivity contribution in [1.82, 2.24) is 5.32 Å². The first kappa shape index (κ1) is 14.4. The molecule has 0 saturated heterocycles. The van der Waals surface area contributed by atoms with Crippen molar-refractivity contribution >= 4 is 5.91 Å². The van der Waals surface area contributed by atoms with Crippen molar-refractivity contribution in [3.05, 3.63) is 0 Å². The third-order valence-electron chi connectivity index (χ3n) is 2.45. The van der Waals surface area contributed by atoms with E-state index in [-0.39, 0.29) is 18.1 Å². The van der Waals surface area contributed by atoms with Crippen molar-refractivity contribution in [2.75, 3.05) is 13.7 Å². The highest BCUT2D eigenvalue weighted by Gasteiger charge is 2.06. The van der Waals surface area contributed by atoms with Gasteiger partial charge < -0.3 is 15.2 Å². The molecule has 0 rings (SSSR count). The number of aliphatic hydroxyl groups is 1. The Hall–Kier alpha value is -0.610. The molecule has 90 valence electrons. The summed E-state index contributed by atoms with van der Waals surface area (Å²) in [4.78, 5) is 11.3. The molecule has 4 heteroatoms. The van der Waals surface area contributed by atoms with Crippen LogP contribution in [0.2, 0.25) is 0 Å². The molecule has 2 unspecified atom stereocenters. The first-order valence-electron chi connectivity index (χ1n) is 5.57. The van der Waals surface area contributed by atoms with Gasteiger partial charge in [-0.1, -0.05) is 6.92 Å². The van der Waals surface area contributed by atoms with Crippen LogP contribution in [0.15, 0.2) is 0 Å². The minimum atomic E-state index is -0.303. The van der Waals surface area contributed by atoms with E-state index in [0.29, 0.717) is 19.4 Å². The lowest BCUT2D eigenvalue weighted by molar-refractivity contribution is -0.121. The summed E-state index contributed by atoms with van der Waals surface area (Å²) in [5.41, 5.74) is 0. The fraction of sp³-hybridized carbons (Fsp3) is 0.909. The fourth-order valence-corrected chi connectivity index (χ4v) is 1.12. The summed E-state index contributed by atoms with van der Waals surface area (Å²) < 4.78 is 5.04. The first-order valence-corrected chi connectivity index (χ1v) is 5.57. The maximum Gasteiger partial charge on any atom is 0.220 e. The van der Waals surface area contributed by atoms with E-state index in [9.17, 15) is 9.90 Å². The number of rotatable bonds is 8. The average molecular weight is 217 g/mol. The highest BCUT2D eigenvalue weighted by molar-refractivity contribution is 5.75. The van der Waals surface area contributed by atoms with E-state index in [1.165, 1.54) is 0 Å². The van der Waals surface area contributed by atoms with Gasteiger partial charge in [-0.15, -0.1) is 0 Å². The van der Waals surface area contributed by atoms with E-state index >= 15 is 0 Å². The largest absolute Gasteiger partial charge is 0.393 e. The molecule has 0 saturated carbocycles. The molecule has 0 heterocycles. The standard InChI is InChI=1S/C11H23NO3/c1-4-10(13)7-8-12-11(14)6-5-9(2)15-3/h9-10,13H,4-8H2,1-3H3,(H,12,14). The molecular formula is C11H23NO3. The Morgan fingerprint density at radius 3 is 2.67 bits per heavy atom. The van der Waals surface area contributed by atoms with Crippen molar-refractivity contribution in [3.8, 4) is 0 Å². The van der Waals surface area contributed by atoms with Crippen LogP contribution >= 0.6 is 0 Å². The number of aliphatic hydroxyl groups excluding tert-OH is 1. The van der Waals surface area contributed by atoms with Gasteiger partial charge in [0, 0.05) is 20.1 Å². The van der Waals surface area contributed by atoms with Gasteiger partial charge in [-0.2, -0.15) is 0 Å². The minimum Gasteiger partial charge on any atom is -0.393 e. The Labute approximate surface area is 92.0 Å². The molecule has 0 bridgehead atoms. The van der Waals surface area contributed by atoms with Crippen molar-refractivity contribution in [2.45, 2.75) is 51.7 Å². The second-order valence-corrected chi connectivity index (χ2v) is 3.79. The van der Waals surface area contributed by atoms with Crippen LogP contribution in [0.1, 0.15) is 39.5 Å². The number of carbonyl (C=O) groups excluding carboxylic acids is 1. The van der Waals surface area contributed by atoms with Crippen molar-refractivity contribution in [1.29, 1.82) is 0 Å². The van der Waals surface area contributed by atoms with Gasteiger partial charge in [-0.25, -0.2) is 0 Å². The van der Waals surface area contributed by atoms with E-state index < -0.39 is 0 Å². The SMILES string of the molecule is CCC(O)CCNC(=O)CCC(C)OC. The quantitative estimate of drug-likeness (QED) is 0.639. The summed E-state index contributed by atoms with van der Waals surface area (Å²) in [6, 6.07) is 0. The molecule has 0 spiro atoms. The molecule has 4 nitrogen and oxygen atoms in total. The molecule has 0 aliphatic heterocycles. The highest BCUT2D eigenvalue weighted by atomic mass is 16.5. The van der Waals surface area contributed by atoms with E-state index in [4.69, 9.17) is 4.74 Å². The van der Waals surface area contributed by atoms with Gasteiger partial charge in [0.2, 0.25) is 5.91 Å². The lowest BCUT2D eigenvalue weighted by atomic mass is 10.2. The van der Waals surface area contributed by atoms with Gasteiger partial charge in [0.15, 0.2) is 0 Å². The van der Waals surface area contributed by atoms with E-state index in [1.54, 1.807) is 7.11 Å². The normalized spacial score (nSPS) is 14.7. The Morgan fingerprint density at radius 2 is 2.13 bits per heavy atom. The van der Waals surface area contributed by atoms with Crippen LogP contribution in [0.5, 0.6) is 0 Å². The van der Waals surface area contributed by atoms with Crippen molar-refractivity contribution in [2.24, 2.45) is 0 Å². The van der Waals surface area contributed by atoms with Gasteiger partial charge in [-0.3, -0.25) is 4.79 Å². The summed E-state index contributed by atoms with van der Waals surface area (Å²) in [5, 5.41) is 12.0. The topological polar surface area (TPSA) is 58.6 Å². The molecule has 15 heavy (non-hydrogen) atoms. The summed E-state index contributed by atoms with van der Waals surface area (Å²) in [7, 11) is 1.64. The summed E-state index contributed by atoms with van der Waals surface area (Å²) in [6.07, 6.45) is 2.40. The van der Waals surface area contributed by atoms with Crippen LogP contribution in [-0.4, -0.2) is 36.9 Å². The van der Waals surface area contributed by atoms with Crippen LogP contribution in [0, 0.1) is 0 Å². The molecule has 0 aromatic carbocycles. The zero-order chi connectivity index (χ0) is 11.7. The number of hydrogen-bond acceptors (Lipinski definition) is 3. The molecule has 0 aliphatic rings. The van der Waals surface area contributed by atoms with E-state index in [1.807, 2.05) is 13.8 Å². The molecule has 0 aromatic rings. The molecule has 0 aliphatic carbocycles. The maximum absolute atomic E-state index is 11.3. The molecule has 2 N–H and O–H groups in total. The maximum atomic E-state index is 11.3. The van der Waals surface area contributed by atoms with Gasteiger partial charge >= 0.3 is 0 Å². The summed E-state index contributed by atoms with van der Waals surface area (Å²) in [5.74, 6) is 0.0298. The van der Waals surface area contributed by atoms with Gasteiger partial charge in [0.25, 0.3) is 0 Å². The molecule has 0 fully saturated rings. The van der Waals surface area contributed by atoms with Crippen LogP contribution < -0.4 is 5.32 Å². The van der Waals surface area contributed by atoms with Gasteiger partial charge in [0.05, 0.1) is 12.2 Å². The number of carbonyl (C=O) groups is 1. The van der Waals surface area contributed by atoms with E-state index in [2.05, 4.69) is 5.32 Å². The number of nitrogens with one attached hydrogen (secondary N) is 1. The molecule has 2 atom stereocenters. The number of ether oxygens (including phenoxy) is 1. The van der Waals surface area contributed by atoms with Gasteiger partial charge in [0.1, 0.15) is 0 Å². The second kappa shape index (κ2) is 8.68. The number of methoxy groups -OCH3 is 1. The lowest BCUT2D eigenvalue weighted by Crippen LogP contribution is -2.27. The zero-order valence-electron chi connectivity index (χ0n) is 9.95. The Kier molecular flexibility index (Phi) is 8.33. The minimum absolute atomic E-state index is 0.0298. The predicted octanol–water partition coefficient (Wildman–Crippen LogP) is 1.08. The molecule has 1 amide bonds. The summed E-state index contributed by atoms with van der Waals surface area (Å²) >= 11 is 0. The number of hydrogen-bond donors (Lipinski definition) is 2. The highest BCUT2D eigenvalue weighted by Crippen LogP contribution is 2.00. The van der Waals surface area contributed by atoms with E-state index in [0.717, 1.165) is 12.8 Å². The number of amides is 1. The average Bonchev–Trinajstić information content (AvgIpc) is 2.25. The second-order valence-electron chi connectivity index (χ2n) is 3.79. The smallest absolute Gasteiger partial charge is 0.220 e. The van der Waals surface area contributed by atoms with Crippen molar-refractivity contribution < 1.29 is 14.6 Å². The molecule has 0 aromatic heterocycles. The Balaban J connectivity index is 3.41. The van der Waals surface area contributed by atoms with Crippen LogP contribution in [0.25, 0.3) is 0 Å². The first-order chi connectivity index (χ1) is 7.10. The molecular weight excluding hydrogens is 194 g/mol. The third-order valence-corrected chi connectivity index (χ3v) is 2.45. The summed E-state index contributed by atoms with van der Waals surface area (Å²) in [6.45, 7) is 4.41. The van der Waals surface area contributed by atoms with Crippen molar-refractivity contribution in [3.63, 3.8) is 0 Å². The third kappa shape index (κ3) is 8.39. The van der Waals surface area contributed by atoms with Gasteiger partial charge in [-0.05, 0) is 26.2 Å². The monoisotopic (exact) mass is 217 g/mol. The predicted molar refractivity (Wildman–Crippen MR) is 59.6 cm³/mol. The Morgan fingerprint density at radius 1 is 1.47 bits per heavy atom. The van der Waals surface area contributed by atoms with Crippen LogP contribution in [0.3, 0.4) is 0 Å². The Bertz CT molecular complexity index is 173. The van der Waals surface area contributed by atoms with Crippen LogP contribution in [0.4, 0.5) is 0 Å². The zero-order valence-corrected chi connectivity index (χ0v) is 9.95. The lowest BCUT2D eigenvalue weighted by Gasteiger charge is -2.10. The fourth-order valence-electron chi connectivity index (χ4n) is 1.12.